The van der Waals surface area contributed by atoms with Gasteiger partial charge in [0.25, 0.3) is 0 Å². The van der Waals surface area contributed by atoms with Crippen LogP contribution in [0.3, 0.4) is 0 Å². The molecule has 1 amide bonds. The molecule has 1 aliphatic heterocycles. The Balaban J connectivity index is 2.63. The molecule has 1 saturated heterocycles. The second-order valence-corrected chi connectivity index (χ2v) is 6.44. The third-order valence-electron chi connectivity index (χ3n) is 2.73. The molecule has 0 radical (unpaired) electrons. The summed E-state index contributed by atoms with van der Waals surface area (Å²) in [6.07, 6.45) is 3.09. The Morgan fingerprint density at radius 3 is 2.87 bits per heavy atom. The highest BCUT2D eigenvalue weighted by Crippen LogP contribution is 2.17. The molecule has 1 unspecified atom stereocenters. The molecule has 0 aromatic carbocycles. The van der Waals surface area contributed by atoms with Crippen LogP contribution in [0.2, 0.25) is 0 Å². The van der Waals surface area contributed by atoms with E-state index in [2.05, 4.69) is 5.32 Å². The van der Waals surface area contributed by atoms with Crippen LogP contribution in [0.1, 0.15) is 39.0 Å². The maximum atomic E-state index is 11.9. The highest BCUT2D eigenvalue weighted by molar-refractivity contribution is 7.92. The monoisotopic (exact) mass is 233 g/mol. The number of rotatable bonds is 4. The van der Waals surface area contributed by atoms with E-state index in [1.807, 2.05) is 6.92 Å². The third-order valence-corrected chi connectivity index (χ3v) is 5.00. The van der Waals surface area contributed by atoms with Crippen LogP contribution < -0.4 is 5.32 Å². The van der Waals surface area contributed by atoms with Crippen LogP contribution in [0.15, 0.2) is 0 Å². The summed E-state index contributed by atoms with van der Waals surface area (Å²) >= 11 is 0. The lowest BCUT2D eigenvalue weighted by molar-refractivity contribution is -0.120. The van der Waals surface area contributed by atoms with Crippen molar-refractivity contribution in [3.63, 3.8) is 0 Å². The zero-order valence-corrected chi connectivity index (χ0v) is 9.98. The van der Waals surface area contributed by atoms with E-state index >= 15 is 0 Å². The first-order chi connectivity index (χ1) is 7.06. The van der Waals surface area contributed by atoms with Gasteiger partial charge in [-0.05, 0) is 19.3 Å². The summed E-state index contributed by atoms with van der Waals surface area (Å²) in [5.41, 5.74) is 0. The van der Waals surface area contributed by atoms with Crippen LogP contribution in [-0.4, -0.2) is 31.9 Å². The van der Waals surface area contributed by atoms with E-state index in [9.17, 15) is 13.2 Å². The van der Waals surface area contributed by atoms with Crippen molar-refractivity contribution >= 4 is 15.7 Å². The minimum atomic E-state index is -3.06. The second-order valence-electron chi connectivity index (χ2n) is 4.04. The van der Waals surface area contributed by atoms with Crippen molar-refractivity contribution in [2.24, 2.45) is 0 Å². The van der Waals surface area contributed by atoms with Gasteiger partial charge in [0, 0.05) is 13.0 Å². The molecule has 0 saturated carbocycles. The summed E-state index contributed by atoms with van der Waals surface area (Å²) in [5, 5.41) is 2.25. The molecule has 1 N–H and O–H groups in total. The van der Waals surface area contributed by atoms with Gasteiger partial charge >= 0.3 is 0 Å². The molecular weight excluding hydrogens is 214 g/mol. The Morgan fingerprint density at radius 2 is 2.20 bits per heavy atom. The van der Waals surface area contributed by atoms with Gasteiger partial charge in [0.15, 0.2) is 9.84 Å². The maximum absolute atomic E-state index is 11.9. The number of carbonyl (C=O) groups excluding carboxylic acids is 1. The van der Waals surface area contributed by atoms with Crippen LogP contribution in [0.5, 0.6) is 0 Å². The molecule has 0 aromatic rings. The van der Waals surface area contributed by atoms with E-state index in [0.29, 0.717) is 19.4 Å². The number of hydrogen-bond acceptors (Lipinski definition) is 3. The Bertz CT molecular complexity index is 311. The quantitative estimate of drug-likeness (QED) is 0.783. The van der Waals surface area contributed by atoms with E-state index in [4.69, 9.17) is 0 Å². The van der Waals surface area contributed by atoms with Crippen molar-refractivity contribution in [1.82, 2.24) is 5.32 Å². The Kier molecular flexibility index (Phi) is 4.57. The molecule has 0 aliphatic carbocycles. The second kappa shape index (κ2) is 5.49. The highest BCUT2D eigenvalue weighted by Gasteiger charge is 2.28. The minimum Gasteiger partial charge on any atom is -0.356 e. The number of unbranched alkanes of at least 4 members (excludes halogenated alkanes) is 1. The topological polar surface area (TPSA) is 63.2 Å². The van der Waals surface area contributed by atoms with E-state index in [0.717, 1.165) is 12.8 Å². The van der Waals surface area contributed by atoms with Crippen molar-refractivity contribution in [3.05, 3.63) is 0 Å². The van der Waals surface area contributed by atoms with E-state index < -0.39 is 15.1 Å². The fraction of sp³-hybridized carbons (Fsp3) is 0.900. The smallest absolute Gasteiger partial charge is 0.221 e. The number of carbonyl (C=O) groups is 1. The van der Waals surface area contributed by atoms with Gasteiger partial charge in [-0.3, -0.25) is 4.79 Å². The molecule has 0 bridgehead atoms. The lowest BCUT2D eigenvalue weighted by Gasteiger charge is -2.13. The molecule has 0 aromatic heterocycles. The van der Waals surface area contributed by atoms with Crippen LogP contribution in [0.4, 0.5) is 0 Å². The Labute approximate surface area is 91.4 Å². The predicted molar refractivity (Wildman–Crippen MR) is 59.3 cm³/mol. The SMILES string of the molecule is CCCCS(=O)(=O)C1CCCNC(=O)C1. The van der Waals surface area contributed by atoms with Crippen molar-refractivity contribution in [2.75, 3.05) is 12.3 Å². The van der Waals surface area contributed by atoms with Gasteiger partial charge in [-0.2, -0.15) is 0 Å². The van der Waals surface area contributed by atoms with E-state index in [1.165, 1.54) is 0 Å². The summed E-state index contributed by atoms with van der Waals surface area (Å²) in [4.78, 5) is 11.2. The lowest BCUT2D eigenvalue weighted by atomic mass is 10.2. The predicted octanol–water partition coefficient (Wildman–Crippen LogP) is 0.870. The van der Waals surface area contributed by atoms with Gasteiger partial charge in [-0.15, -0.1) is 0 Å². The third kappa shape index (κ3) is 3.81. The van der Waals surface area contributed by atoms with Gasteiger partial charge in [0.1, 0.15) is 0 Å². The zero-order chi connectivity index (χ0) is 11.3. The highest BCUT2D eigenvalue weighted by atomic mass is 32.2. The molecule has 4 nitrogen and oxygen atoms in total. The summed E-state index contributed by atoms with van der Waals surface area (Å²) in [6, 6.07) is 0. The minimum absolute atomic E-state index is 0.127. The first-order valence-electron chi connectivity index (χ1n) is 5.54. The summed E-state index contributed by atoms with van der Waals surface area (Å²) in [5.74, 6) is 0.0964. The van der Waals surface area contributed by atoms with Crippen LogP contribution >= 0.6 is 0 Å². The summed E-state index contributed by atoms with van der Waals surface area (Å²) < 4.78 is 23.7. The number of sulfone groups is 1. The standard InChI is InChI=1S/C10H19NO3S/c1-2-3-7-15(13,14)9-5-4-6-11-10(12)8-9/h9H,2-8H2,1H3,(H,11,12). The molecule has 1 fully saturated rings. The molecule has 5 heteroatoms. The van der Waals surface area contributed by atoms with Gasteiger partial charge in [-0.1, -0.05) is 13.3 Å². The van der Waals surface area contributed by atoms with E-state index in [-0.39, 0.29) is 18.1 Å². The first kappa shape index (κ1) is 12.5. The lowest BCUT2D eigenvalue weighted by Crippen LogP contribution is -2.29. The largest absolute Gasteiger partial charge is 0.356 e. The number of amides is 1. The first-order valence-corrected chi connectivity index (χ1v) is 7.26. The Morgan fingerprint density at radius 1 is 1.47 bits per heavy atom. The van der Waals surface area contributed by atoms with Gasteiger partial charge < -0.3 is 5.32 Å². The molecular formula is C10H19NO3S. The summed E-state index contributed by atoms with van der Waals surface area (Å²) in [7, 11) is -3.06. The fourth-order valence-corrected chi connectivity index (χ4v) is 3.71. The molecule has 1 rings (SSSR count). The average molecular weight is 233 g/mol. The maximum Gasteiger partial charge on any atom is 0.221 e. The number of nitrogens with one attached hydrogen (secondary N) is 1. The normalized spacial score (nSPS) is 23.3. The molecule has 0 spiro atoms. The Hall–Kier alpha value is -0.580. The molecule has 1 atom stereocenters. The molecule has 88 valence electrons. The molecule has 1 aliphatic rings. The van der Waals surface area contributed by atoms with Gasteiger partial charge in [-0.25, -0.2) is 8.42 Å². The average Bonchev–Trinajstić information content (AvgIpc) is 2.40. The zero-order valence-electron chi connectivity index (χ0n) is 9.16. The summed E-state index contributed by atoms with van der Waals surface area (Å²) in [6.45, 7) is 2.58. The van der Waals surface area contributed by atoms with Gasteiger partial charge in [0.2, 0.25) is 5.91 Å². The molecule has 15 heavy (non-hydrogen) atoms. The van der Waals surface area contributed by atoms with Crippen molar-refractivity contribution < 1.29 is 13.2 Å². The fourth-order valence-electron chi connectivity index (χ4n) is 1.76. The van der Waals surface area contributed by atoms with Gasteiger partial charge in [0.05, 0.1) is 11.0 Å². The number of hydrogen-bond donors (Lipinski definition) is 1. The van der Waals surface area contributed by atoms with Crippen molar-refractivity contribution in [3.8, 4) is 0 Å². The van der Waals surface area contributed by atoms with Crippen LogP contribution in [0.25, 0.3) is 0 Å². The molecule has 1 heterocycles. The van der Waals surface area contributed by atoms with E-state index in [1.54, 1.807) is 0 Å². The van der Waals surface area contributed by atoms with Crippen LogP contribution in [0, 0.1) is 0 Å². The van der Waals surface area contributed by atoms with Crippen molar-refractivity contribution in [2.45, 2.75) is 44.3 Å². The van der Waals surface area contributed by atoms with Crippen LogP contribution in [-0.2, 0) is 14.6 Å². The van der Waals surface area contributed by atoms with Crippen molar-refractivity contribution in [1.29, 1.82) is 0 Å².